The van der Waals surface area contributed by atoms with Crippen LogP contribution in [0.25, 0.3) is 65.3 Å². The van der Waals surface area contributed by atoms with Gasteiger partial charge in [-0.25, -0.2) is 0 Å². The van der Waals surface area contributed by atoms with E-state index < -0.39 is 12.6 Å². The van der Waals surface area contributed by atoms with Crippen LogP contribution in [0.5, 0.6) is 0 Å². The second-order valence-corrected chi connectivity index (χ2v) is 18.7. The standard InChI is InChI=1S/C57H37OP/c58-59(44-17-3-1-4-18-44,45-19-5-2-6-20-45)46-34-30-39(31-35-46)38-28-32-42(33-29-38)57(53-26-9-7-21-47(53)48-22-8-10-27-54(48)57)43-36-41-16-13-24-50-49-23-11-14-40-15-12-25-51(55(40)49)52(37-43)56(41)50/h1-37H. The molecule has 0 radical (unpaired) electrons. The van der Waals surface area contributed by atoms with E-state index in [4.69, 9.17) is 0 Å². The van der Waals surface area contributed by atoms with E-state index in [2.05, 4.69) is 164 Å². The molecule has 0 aliphatic heterocycles. The van der Waals surface area contributed by atoms with Crippen molar-refractivity contribution in [1.29, 1.82) is 0 Å². The number of fused-ring (bicyclic) bond motifs is 5. The van der Waals surface area contributed by atoms with Crippen molar-refractivity contribution >= 4 is 66.1 Å². The van der Waals surface area contributed by atoms with E-state index in [-0.39, 0.29) is 0 Å². The topological polar surface area (TPSA) is 17.1 Å². The van der Waals surface area contributed by atoms with E-state index in [9.17, 15) is 0 Å². The number of hydrogen-bond donors (Lipinski definition) is 0. The third-order valence-corrected chi connectivity index (χ3v) is 16.0. The second kappa shape index (κ2) is 13.0. The maximum atomic E-state index is 15.1. The van der Waals surface area contributed by atoms with Crippen LogP contribution in [-0.2, 0) is 9.98 Å². The maximum Gasteiger partial charge on any atom is 0.171 e. The highest BCUT2D eigenvalue weighted by Gasteiger charge is 2.46. The van der Waals surface area contributed by atoms with Gasteiger partial charge in [-0.1, -0.05) is 212 Å². The first-order chi connectivity index (χ1) is 29.1. The zero-order chi connectivity index (χ0) is 39.1. The van der Waals surface area contributed by atoms with E-state index >= 15 is 4.57 Å². The minimum atomic E-state index is -3.07. The van der Waals surface area contributed by atoms with Gasteiger partial charge in [-0.2, -0.15) is 0 Å². The molecule has 0 atom stereocenters. The summed E-state index contributed by atoms with van der Waals surface area (Å²) < 4.78 is 15.1. The summed E-state index contributed by atoms with van der Waals surface area (Å²) in [5.74, 6) is 0. The van der Waals surface area contributed by atoms with Gasteiger partial charge < -0.3 is 4.57 Å². The van der Waals surface area contributed by atoms with Gasteiger partial charge in [0, 0.05) is 15.9 Å². The molecular weight excluding hydrogens is 732 g/mol. The van der Waals surface area contributed by atoms with Gasteiger partial charge >= 0.3 is 0 Å². The van der Waals surface area contributed by atoms with Crippen LogP contribution in [0.3, 0.4) is 0 Å². The summed E-state index contributed by atoms with van der Waals surface area (Å²) in [6, 6.07) is 80.5. The molecule has 1 aliphatic rings. The fourth-order valence-corrected chi connectivity index (χ4v) is 13.0. The molecule has 0 saturated heterocycles. The maximum absolute atomic E-state index is 15.1. The summed E-state index contributed by atoms with van der Waals surface area (Å²) in [6.07, 6.45) is 0. The Morgan fingerprint density at radius 3 is 1.32 bits per heavy atom. The molecule has 11 aromatic rings. The highest BCUT2D eigenvalue weighted by Crippen LogP contribution is 2.57. The predicted molar refractivity (Wildman–Crippen MR) is 250 cm³/mol. The Bertz CT molecular complexity index is 3350. The Kier molecular flexibility index (Phi) is 7.49. The highest BCUT2D eigenvalue weighted by atomic mass is 31.2. The van der Waals surface area contributed by atoms with Crippen molar-refractivity contribution in [2.75, 3.05) is 0 Å². The normalized spacial score (nSPS) is 13.3. The summed E-state index contributed by atoms with van der Waals surface area (Å²) in [5, 5.41) is 12.9. The molecule has 59 heavy (non-hydrogen) atoms. The molecule has 1 nitrogen and oxygen atoms in total. The summed E-state index contributed by atoms with van der Waals surface area (Å²) >= 11 is 0. The lowest BCUT2D eigenvalue weighted by atomic mass is 9.67. The average Bonchev–Trinajstić information content (AvgIpc) is 3.62. The Morgan fingerprint density at radius 1 is 0.322 bits per heavy atom. The molecule has 0 spiro atoms. The smallest absolute Gasteiger partial charge is 0.171 e. The van der Waals surface area contributed by atoms with Crippen LogP contribution < -0.4 is 15.9 Å². The van der Waals surface area contributed by atoms with E-state index in [0.29, 0.717) is 0 Å². The first-order valence-electron chi connectivity index (χ1n) is 20.4. The monoisotopic (exact) mass is 768 g/mol. The van der Waals surface area contributed by atoms with Crippen LogP contribution in [0.4, 0.5) is 0 Å². The van der Waals surface area contributed by atoms with Crippen molar-refractivity contribution in [1.82, 2.24) is 0 Å². The van der Waals surface area contributed by atoms with Gasteiger partial charge in [0.2, 0.25) is 0 Å². The minimum absolute atomic E-state index is 0.556. The molecule has 2 heteroatoms. The molecule has 0 bridgehead atoms. The van der Waals surface area contributed by atoms with Gasteiger partial charge in [-0.15, -0.1) is 0 Å². The molecular formula is C57H37OP. The number of benzene rings is 11. The van der Waals surface area contributed by atoms with Crippen LogP contribution in [-0.4, -0.2) is 0 Å². The zero-order valence-electron chi connectivity index (χ0n) is 32.2. The third kappa shape index (κ3) is 4.83. The molecule has 0 saturated carbocycles. The van der Waals surface area contributed by atoms with Crippen molar-refractivity contribution in [3.63, 3.8) is 0 Å². The predicted octanol–water partition coefficient (Wildman–Crippen LogP) is 13.4. The summed E-state index contributed by atoms with van der Waals surface area (Å²) in [4.78, 5) is 0. The first-order valence-corrected chi connectivity index (χ1v) is 22.1. The van der Waals surface area contributed by atoms with Gasteiger partial charge in [0.05, 0.1) is 5.41 Å². The van der Waals surface area contributed by atoms with E-state index in [1.54, 1.807) is 0 Å². The van der Waals surface area contributed by atoms with Crippen LogP contribution in [0.2, 0.25) is 0 Å². The Morgan fingerprint density at radius 2 is 0.763 bits per heavy atom. The summed E-state index contributed by atoms with van der Waals surface area (Å²) in [6.45, 7) is 0. The minimum Gasteiger partial charge on any atom is -0.309 e. The molecule has 0 N–H and O–H groups in total. The highest BCUT2D eigenvalue weighted by molar-refractivity contribution is 7.85. The number of rotatable bonds is 6. The van der Waals surface area contributed by atoms with Crippen molar-refractivity contribution in [2.45, 2.75) is 5.41 Å². The Labute approximate surface area is 343 Å². The fraction of sp³-hybridized carbons (Fsp3) is 0.0175. The molecule has 12 rings (SSSR count). The lowest BCUT2D eigenvalue weighted by molar-refractivity contribution is 0.592. The van der Waals surface area contributed by atoms with Crippen LogP contribution in [0, 0.1) is 0 Å². The van der Waals surface area contributed by atoms with E-state index in [1.165, 1.54) is 76.5 Å². The number of hydrogen-bond acceptors (Lipinski definition) is 1. The lowest BCUT2D eigenvalue weighted by Gasteiger charge is -2.34. The van der Waals surface area contributed by atoms with Crippen molar-refractivity contribution < 1.29 is 4.57 Å². The third-order valence-electron chi connectivity index (χ3n) is 13.0. The van der Waals surface area contributed by atoms with Crippen molar-refractivity contribution in [3.05, 3.63) is 247 Å². The Hall–Kier alpha value is -7.05. The molecule has 11 aromatic carbocycles. The summed E-state index contributed by atoms with van der Waals surface area (Å²) in [7, 11) is -3.07. The van der Waals surface area contributed by atoms with Crippen LogP contribution in [0.1, 0.15) is 22.3 Å². The Balaban J connectivity index is 1.05. The van der Waals surface area contributed by atoms with Gasteiger partial charge in [0.1, 0.15) is 0 Å². The molecule has 0 unspecified atom stereocenters. The second-order valence-electron chi connectivity index (χ2n) is 15.9. The van der Waals surface area contributed by atoms with E-state index in [1.807, 2.05) is 60.7 Å². The fourth-order valence-electron chi connectivity index (χ4n) is 10.4. The quantitative estimate of drug-likeness (QED) is 0.0935. The van der Waals surface area contributed by atoms with Crippen molar-refractivity contribution in [2.24, 2.45) is 0 Å². The van der Waals surface area contributed by atoms with Gasteiger partial charge in [0.15, 0.2) is 7.14 Å². The van der Waals surface area contributed by atoms with Gasteiger partial charge in [-0.3, -0.25) is 0 Å². The SMILES string of the molecule is O=P(c1ccccc1)(c1ccccc1)c1ccc(-c2ccc(C3(c4cc5cccc6c7cccc8cccc(c(c4)c56)c87)c4ccccc4-c4ccccc43)cc2)cc1. The molecule has 0 amide bonds. The molecule has 0 fully saturated rings. The van der Waals surface area contributed by atoms with E-state index in [0.717, 1.165) is 27.0 Å². The first kappa shape index (κ1) is 34.0. The van der Waals surface area contributed by atoms with Crippen LogP contribution >= 0.6 is 7.14 Å². The summed E-state index contributed by atoms with van der Waals surface area (Å²) in [5.41, 5.74) is 9.29. The largest absolute Gasteiger partial charge is 0.309 e. The molecule has 0 aromatic heterocycles. The lowest BCUT2D eigenvalue weighted by Crippen LogP contribution is -2.28. The van der Waals surface area contributed by atoms with Gasteiger partial charge in [-0.05, 0) is 99.7 Å². The molecule has 276 valence electrons. The average molecular weight is 769 g/mol. The molecule has 1 aliphatic carbocycles. The van der Waals surface area contributed by atoms with Crippen molar-refractivity contribution in [3.8, 4) is 22.3 Å². The zero-order valence-corrected chi connectivity index (χ0v) is 33.1. The van der Waals surface area contributed by atoms with Crippen LogP contribution in [0.15, 0.2) is 224 Å². The molecule has 0 heterocycles. The van der Waals surface area contributed by atoms with Gasteiger partial charge in [0.25, 0.3) is 0 Å².